The van der Waals surface area contributed by atoms with Gasteiger partial charge in [0.2, 0.25) is 4.80 Å². The van der Waals surface area contributed by atoms with E-state index in [0.717, 1.165) is 4.70 Å². The Hall–Kier alpha value is -1.41. The minimum Gasteiger partial charge on any atom is -0.320 e. The molecule has 0 radical (unpaired) electrons. The molecule has 1 aromatic heterocycles. The molecule has 0 bridgehead atoms. The van der Waals surface area contributed by atoms with E-state index in [4.69, 9.17) is 5.84 Å². The Bertz CT molecular complexity index is 714. The number of thiazole rings is 1. The summed E-state index contributed by atoms with van der Waals surface area (Å²) in [5, 5.41) is 3.54. The molecule has 0 aliphatic carbocycles. The molecule has 0 unspecified atom stereocenters. The smallest absolute Gasteiger partial charge is 0.320 e. The second-order valence-corrected chi connectivity index (χ2v) is 5.50. The minimum absolute atomic E-state index is 0.364. The van der Waals surface area contributed by atoms with Gasteiger partial charge < -0.3 is 10.4 Å². The van der Waals surface area contributed by atoms with Gasteiger partial charge in [0.25, 0.3) is 0 Å². The van der Waals surface area contributed by atoms with Gasteiger partial charge in [0.1, 0.15) is 4.90 Å². The first-order valence-electron chi connectivity index (χ1n) is 4.21. The number of hydrogen-bond acceptors (Lipinski definition) is 5. The highest BCUT2D eigenvalue weighted by Gasteiger charge is 2.13. The van der Waals surface area contributed by atoms with Gasteiger partial charge in [-0.25, -0.2) is 0 Å². The first kappa shape index (κ1) is 11.1. The molecule has 0 aliphatic rings. The highest BCUT2D eigenvalue weighted by atomic mass is 32.3. The van der Waals surface area contributed by atoms with E-state index >= 15 is 0 Å². The maximum Gasteiger partial charge on any atom is 0.332 e. The normalized spacial score (nSPS) is 13.5. The van der Waals surface area contributed by atoms with Gasteiger partial charge in [-0.1, -0.05) is 11.3 Å². The van der Waals surface area contributed by atoms with Crippen LogP contribution in [0.1, 0.15) is 0 Å². The first-order chi connectivity index (χ1) is 7.43. The Morgan fingerprint density at radius 3 is 2.75 bits per heavy atom. The summed E-state index contributed by atoms with van der Waals surface area (Å²) in [5.74, 6) is 5.16. The second-order valence-electron chi connectivity index (χ2n) is 3.14. The number of aryl methyl sites for hydroxylation is 1. The van der Waals surface area contributed by atoms with E-state index in [2.05, 4.69) is 5.10 Å². The van der Waals surface area contributed by atoms with Crippen molar-refractivity contribution in [2.75, 3.05) is 0 Å². The average molecular weight is 261 g/mol. The quantitative estimate of drug-likeness (QED) is 0.465. The molecule has 0 aliphatic heterocycles. The molecule has 0 saturated heterocycles. The van der Waals surface area contributed by atoms with E-state index in [1.165, 1.54) is 29.5 Å². The minimum atomic E-state index is -4.68. The number of rotatable bonds is 1. The zero-order chi connectivity index (χ0) is 11.9. The van der Waals surface area contributed by atoms with Crippen molar-refractivity contribution < 1.29 is 12.3 Å². The highest BCUT2D eigenvalue weighted by Crippen LogP contribution is 2.21. The number of benzene rings is 1. The Morgan fingerprint density at radius 2 is 2.19 bits per heavy atom. The van der Waals surface area contributed by atoms with Crippen LogP contribution in [0.2, 0.25) is 0 Å². The molecule has 5 nitrogen and oxygen atoms in total. The van der Waals surface area contributed by atoms with Gasteiger partial charge in [-0.2, -0.15) is 13.5 Å². The van der Waals surface area contributed by atoms with Gasteiger partial charge in [-0.3, -0.25) is 0 Å². The lowest BCUT2D eigenvalue weighted by Crippen LogP contribution is -2.12. The molecule has 2 rings (SSSR count). The van der Waals surface area contributed by atoms with Gasteiger partial charge in [0, 0.05) is 7.05 Å². The lowest BCUT2D eigenvalue weighted by Gasteiger charge is -1.97. The lowest BCUT2D eigenvalue weighted by molar-refractivity contribution is 0.552. The van der Waals surface area contributed by atoms with Gasteiger partial charge in [-0.15, -0.1) is 3.89 Å². The molecule has 1 aromatic carbocycles. The van der Waals surface area contributed by atoms with Crippen LogP contribution in [0.4, 0.5) is 3.89 Å². The van der Waals surface area contributed by atoms with Crippen LogP contribution in [0, 0.1) is 0 Å². The van der Waals surface area contributed by atoms with Gasteiger partial charge >= 0.3 is 10.2 Å². The van der Waals surface area contributed by atoms with Gasteiger partial charge in [-0.05, 0) is 18.2 Å². The zero-order valence-corrected chi connectivity index (χ0v) is 9.85. The maximum absolute atomic E-state index is 12.8. The van der Waals surface area contributed by atoms with Crippen molar-refractivity contribution in [3.05, 3.63) is 23.0 Å². The number of halogens is 1. The fraction of sp³-hybridized carbons (Fsp3) is 0.125. The van der Waals surface area contributed by atoms with Crippen LogP contribution >= 0.6 is 11.3 Å². The molecule has 1 heterocycles. The number of nitrogens with zero attached hydrogens (tertiary/aromatic N) is 2. The number of fused-ring (bicyclic) bond motifs is 1. The van der Waals surface area contributed by atoms with Crippen LogP contribution in [0.15, 0.2) is 28.2 Å². The molecule has 8 heteroatoms. The summed E-state index contributed by atoms with van der Waals surface area (Å²) in [7, 11) is -3.00. The largest absolute Gasteiger partial charge is 0.332 e. The van der Waals surface area contributed by atoms with E-state index in [1.54, 1.807) is 11.6 Å². The summed E-state index contributed by atoms with van der Waals surface area (Å²) in [5.41, 5.74) is 0.577. The van der Waals surface area contributed by atoms with Gasteiger partial charge in [0.05, 0.1) is 10.2 Å². The van der Waals surface area contributed by atoms with Crippen LogP contribution in [-0.4, -0.2) is 13.0 Å². The second kappa shape index (κ2) is 3.56. The molecule has 0 fully saturated rings. The topological polar surface area (TPSA) is 77.5 Å². The van der Waals surface area contributed by atoms with E-state index in [0.29, 0.717) is 10.3 Å². The SMILES string of the molecule is Cn1/c(=N/N)sc2ccc(S(=O)(=O)F)cc21. The molecule has 86 valence electrons. The van der Waals surface area contributed by atoms with Crippen LogP contribution in [0.3, 0.4) is 0 Å². The van der Waals surface area contributed by atoms with Crippen molar-refractivity contribution in [3.8, 4) is 0 Å². The molecule has 2 aromatic rings. The molecule has 0 saturated carbocycles. The maximum atomic E-state index is 12.8. The summed E-state index contributed by atoms with van der Waals surface area (Å²) in [4.78, 5) is 0.167. The van der Waals surface area contributed by atoms with Crippen LogP contribution in [-0.2, 0) is 17.3 Å². The van der Waals surface area contributed by atoms with Crippen molar-refractivity contribution in [1.29, 1.82) is 0 Å². The van der Waals surface area contributed by atoms with Crippen molar-refractivity contribution >= 4 is 31.8 Å². The summed E-state index contributed by atoms with van der Waals surface area (Å²) >= 11 is 1.30. The highest BCUT2D eigenvalue weighted by molar-refractivity contribution is 7.86. The number of hydrogen-bond donors (Lipinski definition) is 1. The van der Waals surface area contributed by atoms with E-state index in [9.17, 15) is 12.3 Å². The Balaban J connectivity index is 2.86. The summed E-state index contributed by atoms with van der Waals surface area (Å²) in [6.45, 7) is 0. The Morgan fingerprint density at radius 1 is 1.50 bits per heavy atom. The number of aromatic nitrogens is 1. The summed E-state index contributed by atoms with van der Waals surface area (Å²) in [6, 6.07) is 4.01. The fourth-order valence-electron chi connectivity index (χ4n) is 1.38. The third-order valence-corrected chi connectivity index (χ3v) is 4.12. The monoisotopic (exact) mass is 261 g/mol. The van der Waals surface area contributed by atoms with Crippen LogP contribution in [0.25, 0.3) is 10.2 Å². The third-order valence-electron chi connectivity index (χ3n) is 2.17. The van der Waals surface area contributed by atoms with Crippen molar-refractivity contribution in [1.82, 2.24) is 4.57 Å². The third kappa shape index (κ3) is 1.69. The molecule has 0 amide bonds. The lowest BCUT2D eigenvalue weighted by atomic mass is 10.3. The average Bonchev–Trinajstić information content (AvgIpc) is 2.54. The number of nitrogens with two attached hydrogens (primary N) is 1. The fourth-order valence-corrected chi connectivity index (χ4v) is 2.78. The Kier molecular flexibility index (Phi) is 2.47. The standard InChI is InChI=1S/C8H8FN3O2S2/c1-12-6-4-5(16(9,13)14)2-3-7(6)15-8(12)11-10/h2-4H,10H2,1H3/b11-8-. The summed E-state index contributed by atoms with van der Waals surface area (Å²) < 4.78 is 36.7. The predicted octanol–water partition coefficient (Wildman–Crippen LogP) is 0.672. The van der Waals surface area contributed by atoms with Crippen molar-refractivity contribution in [2.24, 2.45) is 18.0 Å². The molecule has 0 spiro atoms. The van der Waals surface area contributed by atoms with E-state index < -0.39 is 10.2 Å². The van der Waals surface area contributed by atoms with Crippen molar-refractivity contribution in [2.45, 2.75) is 4.90 Å². The molecule has 0 atom stereocenters. The Labute approximate surface area is 94.8 Å². The van der Waals surface area contributed by atoms with Crippen LogP contribution < -0.4 is 10.6 Å². The zero-order valence-electron chi connectivity index (χ0n) is 8.21. The molecular weight excluding hydrogens is 253 g/mol. The van der Waals surface area contributed by atoms with E-state index in [1.807, 2.05) is 0 Å². The molecule has 16 heavy (non-hydrogen) atoms. The van der Waals surface area contributed by atoms with Crippen LogP contribution in [0.5, 0.6) is 0 Å². The molecular formula is C8H8FN3O2S2. The molecule has 2 N–H and O–H groups in total. The predicted molar refractivity (Wildman–Crippen MR) is 58.8 cm³/mol. The first-order valence-corrected chi connectivity index (χ1v) is 6.41. The summed E-state index contributed by atoms with van der Waals surface area (Å²) in [6.07, 6.45) is 0. The van der Waals surface area contributed by atoms with E-state index in [-0.39, 0.29) is 4.90 Å². The van der Waals surface area contributed by atoms with Crippen molar-refractivity contribution in [3.63, 3.8) is 0 Å². The van der Waals surface area contributed by atoms with Gasteiger partial charge in [0.15, 0.2) is 0 Å².